The van der Waals surface area contributed by atoms with Gasteiger partial charge in [0.05, 0.1) is 0 Å². The highest BCUT2D eigenvalue weighted by Gasteiger charge is 2.11. The van der Waals surface area contributed by atoms with Crippen LogP contribution in [0.4, 0.5) is 11.4 Å². The Morgan fingerprint density at radius 1 is 0.833 bits per heavy atom. The normalized spacial score (nSPS) is 10.1. The lowest BCUT2D eigenvalue weighted by Crippen LogP contribution is -2.35. The lowest BCUT2D eigenvalue weighted by molar-refractivity contribution is 1.55. The SMILES string of the molecule is C=C(C)[SiH](Nc1ccccc1)Nc1ccccc1. The van der Waals surface area contributed by atoms with Gasteiger partial charge in [0.2, 0.25) is 0 Å². The second-order valence-corrected chi connectivity index (χ2v) is 6.73. The van der Waals surface area contributed by atoms with E-state index in [1.54, 1.807) is 0 Å². The van der Waals surface area contributed by atoms with Gasteiger partial charge in [0.15, 0.2) is 0 Å². The third kappa shape index (κ3) is 3.50. The first kappa shape index (κ1) is 12.5. The van der Waals surface area contributed by atoms with Gasteiger partial charge in [-0.25, -0.2) is 0 Å². The fraction of sp³-hybridized carbons (Fsp3) is 0.0667. The predicted octanol–water partition coefficient (Wildman–Crippen LogP) is 3.55. The van der Waals surface area contributed by atoms with Gasteiger partial charge >= 0.3 is 0 Å². The number of para-hydroxylation sites is 2. The Labute approximate surface area is 110 Å². The van der Waals surface area contributed by atoms with Crippen LogP contribution in [0.5, 0.6) is 0 Å². The van der Waals surface area contributed by atoms with Crippen LogP contribution < -0.4 is 9.96 Å². The molecule has 18 heavy (non-hydrogen) atoms. The Bertz CT molecular complexity index is 455. The Morgan fingerprint density at radius 3 is 1.56 bits per heavy atom. The van der Waals surface area contributed by atoms with Crippen molar-refractivity contribution in [1.29, 1.82) is 0 Å². The Morgan fingerprint density at radius 2 is 1.22 bits per heavy atom. The third-order valence-corrected chi connectivity index (χ3v) is 4.89. The molecule has 0 aliphatic heterocycles. The van der Waals surface area contributed by atoms with Crippen LogP contribution in [-0.2, 0) is 0 Å². The van der Waals surface area contributed by atoms with Crippen LogP contribution in [0.25, 0.3) is 0 Å². The lowest BCUT2D eigenvalue weighted by atomic mass is 10.3. The molecular weight excluding hydrogens is 236 g/mol. The van der Waals surface area contributed by atoms with Crippen molar-refractivity contribution in [3.05, 3.63) is 72.4 Å². The molecule has 2 aromatic rings. The molecule has 0 radical (unpaired) electrons. The van der Waals surface area contributed by atoms with Gasteiger partial charge in [-0.2, -0.15) is 0 Å². The van der Waals surface area contributed by atoms with Gasteiger partial charge in [-0.15, -0.1) is 6.58 Å². The molecule has 0 aliphatic carbocycles. The summed E-state index contributed by atoms with van der Waals surface area (Å²) in [6.45, 7) is 6.16. The van der Waals surface area contributed by atoms with Crippen molar-refractivity contribution in [2.45, 2.75) is 6.92 Å². The first-order valence-electron chi connectivity index (χ1n) is 6.04. The van der Waals surface area contributed by atoms with Gasteiger partial charge in [0, 0.05) is 11.4 Å². The van der Waals surface area contributed by atoms with E-state index in [1.807, 2.05) is 36.4 Å². The van der Waals surface area contributed by atoms with Crippen molar-refractivity contribution in [2.24, 2.45) is 0 Å². The summed E-state index contributed by atoms with van der Waals surface area (Å²) in [6, 6.07) is 20.5. The molecule has 0 spiro atoms. The molecule has 2 N–H and O–H groups in total. The number of hydrogen-bond acceptors (Lipinski definition) is 2. The Hall–Kier alpha value is -2.00. The molecular formula is C15H18N2Si. The zero-order valence-corrected chi connectivity index (χ0v) is 11.7. The van der Waals surface area contributed by atoms with Crippen molar-refractivity contribution in [1.82, 2.24) is 0 Å². The lowest BCUT2D eigenvalue weighted by Gasteiger charge is -2.20. The van der Waals surface area contributed by atoms with Crippen molar-refractivity contribution in [3.8, 4) is 0 Å². The number of allylic oxidation sites excluding steroid dienone is 1. The monoisotopic (exact) mass is 254 g/mol. The number of rotatable bonds is 5. The van der Waals surface area contributed by atoms with Crippen LogP contribution in [0.2, 0.25) is 0 Å². The summed E-state index contributed by atoms with van der Waals surface area (Å²) in [6.07, 6.45) is 0. The zero-order chi connectivity index (χ0) is 12.8. The highest BCUT2D eigenvalue weighted by Crippen LogP contribution is 2.12. The number of anilines is 2. The molecule has 0 heterocycles. The van der Waals surface area contributed by atoms with E-state index in [0.717, 1.165) is 11.4 Å². The summed E-state index contributed by atoms with van der Waals surface area (Å²) in [5.74, 6) is 0. The van der Waals surface area contributed by atoms with E-state index in [2.05, 4.69) is 47.7 Å². The topological polar surface area (TPSA) is 24.1 Å². The number of hydrogen-bond donors (Lipinski definition) is 2. The van der Waals surface area contributed by atoms with Crippen LogP contribution in [-0.4, -0.2) is 9.12 Å². The molecule has 92 valence electrons. The van der Waals surface area contributed by atoms with Crippen LogP contribution in [0, 0.1) is 0 Å². The molecule has 0 saturated heterocycles. The summed E-state index contributed by atoms with van der Waals surface area (Å²) >= 11 is 0. The van der Waals surface area contributed by atoms with E-state index < -0.39 is 9.12 Å². The minimum Gasteiger partial charge on any atom is -0.394 e. The van der Waals surface area contributed by atoms with Crippen molar-refractivity contribution in [2.75, 3.05) is 9.96 Å². The Kier molecular flexibility index (Phi) is 4.20. The minimum atomic E-state index is -1.45. The van der Waals surface area contributed by atoms with Gasteiger partial charge in [0.1, 0.15) is 0 Å². The zero-order valence-electron chi connectivity index (χ0n) is 10.6. The molecule has 0 aliphatic rings. The average Bonchev–Trinajstić information content (AvgIpc) is 2.40. The molecule has 0 atom stereocenters. The summed E-state index contributed by atoms with van der Waals surface area (Å²) in [5.41, 5.74) is 2.28. The second-order valence-electron chi connectivity index (χ2n) is 4.30. The maximum absolute atomic E-state index is 4.08. The molecule has 0 bridgehead atoms. The summed E-state index contributed by atoms with van der Waals surface area (Å²) < 4.78 is 0. The van der Waals surface area contributed by atoms with Gasteiger partial charge < -0.3 is 9.96 Å². The predicted molar refractivity (Wildman–Crippen MR) is 82.1 cm³/mol. The quantitative estimate of drug-likeness (QED) is 0.797. The largest absolute Gasteiger partial charge is 0.394 e. The molecule has 0 aromatic heterocycles. The first-order chi connectivity index (χ1) is 8.75. The second kappa shape index (κ2) is 6.07. The fourth-order valence-corrected chi connectivity index (χ4v) is 3.30. The van der Waals surface area contributed by atoms with E-state index in [9.17, 15) is 0 Å². The van der Waals surface area contributed by atoms with Gasteiger partial charge in [-0.3, -0.25) is 0 Å². The molecule has 2 rings (SSSR count). The smallest absolute Gasteiger partial charge is 0.271 e. The van der Waals surface area contributed by atoms with Crippen LogP contribution in [0.15, 0.2) is 72.4 Å². The summed E-state index contributed by atoms with van der Waals surface area (Å²) in [5, 5.41) is 1.18. The number of nitrogens with one attached hydrogen (secondary N) is 2. The van der Waals surface area contributed by atoms with E-state index in [4.69, 9.17) is 0 Å². The van der Waals surface area contributed by atoms with E-state index in [1.165, 1.54) is 5.20 Å². The third-order valence-electron chi connectivity index (χ3n) is 2.66. The minimum absolute atomic E-state index is 1.14. The summed E-state index contributed by atoms with van der Waals surface area (Å²) in [7, 11) is -1.45. The summed E-state index contributed by atoms with van der Waals surface area (Å²) in [4.78, 5) is 7.11. The average molecular weight is 254 g/mol. The highest BCUT2D eigenvalue weighted by molar-refractivity contribution is 6.72. The van der Waals surface area contributed by atoms with Crippen molar-refractivity contribution < 1.29 is 0 Å². The van der Waals surface area contributed by atoms with Crippen LogP contribution in [0.3, 0.4) is 0 Å². The van der Waals surface area contributed by atoms with E-state index in [0.29, 0.717) is 0 Å². The van der Waals surface area contributed by atoms with E-state index in [-0.39, 0.29) is 0 Å². The maximum atomic E-state index is 4.08. The molecule has 2 nitrogen and oxygen atoms in total. The molecule has 0 saturated carbocycles. The first-order valence-corrected chi connectivity index (χ1v) is 7.77. The molecule has 2 aromatic carbocycles. The standard InChI is InChI=1S/C15H18N2Si/c1-13(2)18(16-14-9-5-3-6-10-14)17-15-11-7-4-8-12-15/h3-12,16-18H,1H2,2H3. The number of benzene rings is 2. The molecule has 0 unspecified atom stereocenters. The fourth-order valence-electron chi connectivity index (χ4n) is 1.68. The van der Waals surface area contributed by atoms with Gasteiger partial charge in [0.25, 0.3) is 9.12 Å². The molecule has 0 amide bonds. The molecule has 3 heteroatoms. The molecule has 0 fully saturated rings. The van der Waals surface area contributed by atoms with Crippen LogP contribution >= 0.6 is 0 Å². The van der Waals surface area contributed by atoms with Gasteiger partial charge in [-0.1, -0.05) is 41.6 Å². The highest BCUT2D eigenvalue weighted by atomic mass is 28.3. The van der Waals surface area contributed by atoms with Crippen molar-refractivity contribution in [3.63, 3.8) is 0 Å². The van der Waals surface area contributed by atoms with E-state index >= 15 is 0 Å². The maximum Gasteiger partial charge on any atom is 0.271 e. The van der Waals surface area contributed by atoms with Crippen molar-refractivity contribution >= 4 is 20.5 Å². The van der Waals surface area contributed by atoms with Crippen LogP contribution in [0.1, 0.15) is 6.92 Å². The van der Waals surface area contributed by atoms with Gasteiger partial charge in [-0.05, 0) is 31.2 Å². The Balaban J connectivity index is 2.08.